The maximum Gasteiger partial charge on any atom is 0.313 e. The van der Waals surface area contributed by atoms with Gasteiger partial charge in [-0.2, -0.15) is 0 Å². The molecule has 120 valence electrons. The molecule has 0 bridgehead atoms. The summed E-state index contributed by atoms with van der Waals surface area (Å²) in [6, 6.07) is 5.41. The Balaban J connectivity index is 2.89. The fourth-order valence-electron chi connectivity index (χ4n) is 1.78. The van der Waals surface area contributed by atoms with Gasteiger partial charge in [0.15, 0.2) is 17.3 Å². The maximum atomic E-state index is 11.7. The zero-order valence-electron chi connectivity index (χ0n) is 13.4. The molecule has 5 nitrogen and oxygen atoms in total. The average Bonchev–Trinajstić information content (AvgIpc) is 2.45. The normalized spacial score (nSPS) is 10.8. The van der Waals surface area contributed by atoms with Crippen LogP contribution in [0.25, 0.3) is 6.08 Å². The highest BCUT2D eigenvalue weighted by Gasteiger charge is 2.11. The summed E-state index contributed by atoms with van der Waals surface area (Å²) in [5, 5.41) is 0. The Morgan fingerprint density at radius 2 is 2.00 bits per heavy atom. The number of hydrogen-bond donors (Lipinski definition) is 0. The number of methoxy groups -OCH3 is 1. The summed E-state index contributed by atoms with van der Waals surface area (Å²) in [6.45, 7) is 5.78. The van der Waals surface area contributed by atoms with Crippen LogP contribution in [0.3, 0.4) is 0 Å². The van der Waals surface area contributed by atoms with Crippen molar-refractivity contribution < 1.29 is 23.8 Å². The van der Waals surface area contributed by atoms with E-state index in [0.717, 1.165) is 0 Å². The Bertz CT molecular complexity index is 546. The minimum atomic E-state index is -0.526. The zero-order valence-corrected chi connectivity index (χ0v) is 13.4. The molecule has 0 saturated carbocycles. The van der Waals surface area contributed by atoms with Crippen LogP contribution >= 0.6 is 0 Å². The highest BCUT2D eigenvalue weighted by Crippen LogP contribution is 2.32. The summed E-state index contributed by atoms with van der Waals surface area (Å²) in [6.07, 6.45) is 2.66. The SMILES string of the molecule is CCOC(=O)CC(=O)/C=C/c1cccc(OC)c1OC(C)C. The summed E-state index contributed by atoms with van der Waals surface area (Å²) in [5.74, 6) is 0.312. The molecule has 0 fully saturated rings. The maximum absolute atomic E-state index is 11.7. The van der Waals surface area contributed by atoms with Gasteiger partial charge in [-0.3, -0.25) is 9.59 Å². The zero-order chi connectivity index (χ0) is 16.5. The minimum Gasteiger partial charge on any atom is -0.493 e. The van der Waals surface area contributed by atoms with Crippen molar-refractivity contribution in [3.8, 4) is 11.5 Å². The largest absolute Gasteiger partial charge is 0.493 e. The van der Waals surface area contributed by atoms with E-state index in [-0.39, 0.29) is 24.9 Å². The molecule has 0 aliphatic heterocycles. The van der Waals surface area contributed by atoms with Gasteiger partial charge in [0.2, 0.25) is 0 Å². The molecule has 0 aliphatic carbocycles. The van der Waals surface area contributed by atoms with Crippen molar-refractivity contribution in [1.82, 2.24) is 0 Å². The van der Waals surface area contributed by atoms with Gasteiger partial charge in [-0.25, -0.2) is 0 Å². The molecule has 5 heteroatoms. The number of carbonyl (C=O) groups is 2. The van der Waals surface area contributed by atoms with Crippen LogP contribution < -0.4 is 9.47 Å². The molecule has 22 heavy (non-hydrogen) atoms. The lowest BCUT2D eigenvalue weighted by molar-refractivity contribution is -0.144. The van der Waals surface area contributed by atoms with Gasteiger partial charge in [-0.15, -0.1) is 0 Å². The lowest BCUT2D eigenvalue weighted by Crippen LogP contribution is -2.09. The first kappa shape index (κ1) is 17.8. The van der Waals surface area contributed by atoms with Gasteiger partial charge in [-0.1, -0.05) is 12.1 Å². The minimum absolute atomic E-state index is 0.0290. The van der Waals surface area contributed by atoms with Crippen molar-refractivity contribution in [1.29, 1.82) is 0 Å². The monoisotopic (exact) mass is 306 g/mol. The summed E-state index contributed by atoms with van der Waals surface area (Å²) >= 11 is 0. The molecule has 0 amide bonds. The molecule has 0 heterocycles. The van der Waals surface area contributed by atoms with Crippen LogP contribution in [0.2, 0.25) is 0 Å². The molecule has 0 atom stereocenters. The summed E-state index contributed by atoms with van der Waals surface area (Å²) in [5.41, 5.74) is 0.713. The lowest BCUT2D eigenvalue weighted by atomic mass is 10.1. The molecule has 0 aliphatic rings. The Labute approximate surface area is 130 Å². The second-order valence-electron chi connectivity index (χ2n) is 4.83. The van der Waals surface area contributed by atoms with E-state index in [9.17, 15) is 9.59 Å². The van der Waals surface area contributed by atoms with Gasteiger partial charge in [-0.05, 0) is 39.0 Å². The van der Waals surface area contributed by atoms with E-state index >= 15 is 0 Å². The Hall–Kier alpha value is -2.30. The van der Waals surface area contributed by atoms with E-state index in [1.807, 2.05) is 26.0 Å². The second kappa shape index (κ2) is 8.87. The standard InChI is InChI=1S/C17H22O5/c1-5-21-16(19)11-14(18)10-9-13-7-6-8-15(20-4)17(13)22-12(2)3/h6-10,12H,5,11H2,1-4H3/b10-9+. The van der Waals surface area contributed by atoms with Crippen molar-refractivity contribution in [3.05, 3.63) is 29.8 Å². The predicted octanol–water partition coefficient (Wildman–Crippen LogP) is 3.02. The number of ether oxygens (including phenoxy) is 3. The Morgan fingerprint density at radius 3 is 2.59 bits per heavy atom. The van der Waals surface area contributed by atoms with Crippen LogP contribution in [-0.4, -0.2) is 31.6 Å². The molecule has 0 radical (unpaired) electrons. The van der Waals surface area contributed by atoms with Crippen molar-refractivity contribution >= 4 is 17.8 Å². The number of rotatable bonds is 8. The van der Waals surface area contributed by atoms with E-state index in [0.29, 0.717) is 17.1 Å². The third-order valence-electron chi connectivity index (χ3n) is 2.66. The van der Waals surface area contributed by atoms with Crippen LogP contribution in [0.15, 0.2) is 24.3 Å². The third-order valence-corrected chi connectivity index (χ3v) is 2.66. The van der Waals surface area contributed by atoms with Gasteiger partial charge in [0.05, 0.1) is 19.8 Å². The summed E-state index contributed by atoms with van der Waals surface area (Å²) in [4.78, 5) is 23.0. The topological polar surface area (TPSA) is 61.8 Å². The molecule has 0 aromatic heterocycles. The second-order valence-corrected chi connectivity index (χ2v) is 4.83. The van der Waals surface area contributed by atoms with E-state index in [2.05, 4.69) is 0 Å². The van der Waals surface area contributed by atoms with Gasteiger partial charge < -0.3 is 14.2 Å². The van der Waals surface area contributed by atoms with Crippen molar-refractivity contribution in [2.24, 2.45) is 0 Å². The molecule has 1 rings (SSSR count). The molecule has 1 aromatic rings. The van der Waals surface area contributed by atoms with Gasteiger partial charge in [0.25, 0.3) is 0 Å². The van der Waals surface area contributed by atoms with Gasteiger partial charge >= 0.3 is 5.97 Å². The number of ketones is 1. The molecule has 1 aromatic carbocycles. The highest BCUT2D eigenvalue weighted by atomic mass is 16.5. The highest BCUT2D eigenvalue weighted by molar-refractivity contribution is 6.04. The van der Waals surface area contributed by atoms with Crippen molar-refractivity contribution in [2.75, 3.05) is 13.7 Å². The van der Waals surface area contributed by atoms with Crippen molar-refractivity contribution in [2.45, 2.75) is 33.3 Å². The van der Waals surface area contributed by atoms with Crippen LogP contribution in [0.1, 0.15) is 32.8 Å². The van der Waals surface area contributed by atoms with Gasteiger partial charge in [0, 0.05) is 5.56 Å². The fraction of sp³-hybridized carbons (Fsp3) is 0.412. The quantitative estimate of drug-likeness (QED) is 0.420. The number of allylic oxidation sites excluding steroid dienone is 1. The first-order valence-corrected chi connectivity index (χ1v) is 7.18. The summed E-state index contributed by atoms with van der Waals surface area (Å²) in [7, 11) is 1.56. The van der Waals surface area contributed by atoms with Crippen LogP contribution in [0.4, 0.5) is 0 Å². The Kier molecular flexibility index (Phi) is 7.16. The molecule has 0 unspecified atom stereocenters. The number of para-hydroxylation sites is 1. The molecular weight excluding hydrogens is 284 g/mol. The number of carbonyl (C=O) groups excluding carboxylic acids is 2. The van der Waals surface area contributed by atoms with E-state index in [1.165, 1.54) is 6.08 Å². The van der Waals surface area contributed by atoms with Crippen molar-refractivity contribution in [3.63, 3.8) is 0 Å². The number of hydrogen-bond acceptors (Lipinski definition) is 5. The Morgan fingerprint density at radius 1 is 1.27 bits per heavy atom. The average molecular weight is 306 g/mol. The third kappa shape index (κ3) is 5.60. The van der Waals surface area contributed by atoms with Crippen LogP contribution in [-0.2, 0) is 14.3 Å². The van der Waals surface area contributed by atoms with Crippen LogP contribution in [0, 0.1) is 0 Å². The number of benzene rings is 1. The molecular formula is C17H22O5. The first-order valence-electron chi connectivity index (χ1n) is 7.18. The molecule has 0 N–H and O–H groups in total. The summed E-state index contributed by atoms with van der Waals surface area (Å²) < 4.78 is 15.8. The van der Waals surface area contributed by atoms with E-state index in [4.69, 9.17) is 14.2 Å². The fourth-order valence-corrected chi connectivity index (χ4v) is 1.78. The predicted molar refractivity (Wildman–Crippen MR) is 84.0 cm³/mol. The van der Waals surface area contributed by atoms with Crippen LogP contribution in [0.5, 0.6) is 11.5 Å². The molecule has 0 saturated heterocycles. The molecule has 0 spiro atoms. The van der Waals surface area contributed by atoms with Gasteiger partial charge in [0.1, 0.15) is 6.42 Å². The number of esters is 1. The lowest BCUT2D eigenvalue weighted by Gasteiger charge is -2.15. The van der Waals surface area contributed by atoms with E-state index in [1.54, 1.807) is 26.2 Å². The van der Waals surface area contributed by atoms with E-state index < -0.39 is 5.97 Å². The first-order chi connectivity index (χ1) is 10.5. The smallest absolute Gasteiger partial charge is 0.313 e.